The van der Waals surface area contributed by atoms with Gasteiger partial charge in [-0.25, -0.2) is 13.9 Å². The molecule has 2 heterocycles. The van der Waals surface area contributed by atoms with Crippen molar-refractivity contribution in [2.75, 3.05) is 0 Å². The molecule has 10 heteroatoms. The van der Waals surface area contributed by atoms with Crippen LogP contribution in [0.2, 0.25) is 0 Å². The second-order valence-electron chi connectivity index (χ2n) is 6.10. The predicted molar refractivity (Wildman–Crippen MR) is 90.8 cm³/mol. The first kappa shape index (κ1) is 19.3. The highest BCUT2D eigenvalue weighted by Crippen LogP contribution is 2.26. The molecule has 1 amide bonds. The first-order chi connectivity index (χ1) is 13.1. The molecule has 0 fully saturated rings. The van der Waals surface area contributed by atoms with Crippen LogP contribution in [0.4, 0.5) is 17.6 Å². The molecular formula is C18H13F4N5O. The number of carbonyl (C=O) groups excluding carboxylic acids is 1. The van der Waals surface area contributed by atoms with Gasteiger partial charge in [-0.1, -0.05) is 12.1 Å². The largest absolute Gasteiger partial charge is 0.408 e. The van der Waals surface area contributed by atoms with E-state index in [0.29, 0.717) is 5.56 Å². The van der Waals surface area contributed by atoms with Crippen molar-refractivity contribution in [3.8, 4) is 17.3 Å². The number of alkyl halides is 3. The summed E-state index contributed by atoms with van der Waals surface area (Å²) >= 11 is 0. The highest BCUT2D eigenvalue weighted by atomic mass is 19.4. The molecule has 1 N–H and O–H groups in total. The number of rotatable bonds is 3. The third-order valence-electron chi connectivity index (χ3n) is 4.12. The minimum atomic E-state index is -4.60. The van der Waals surface area contributed by atoms with Crippen molar-refractivity contribution in [2.45, 2.75) is 26.1 Å². The van der Waals surface area contributed by atoms with Crippen LogP contribution < -0.4 is 5.32 Å². The van der Waals surface area contributed by atoms with Gasteiger partial charge in [0.2, 0.25) is 0 Å². The van der Waals surface area contributed by atoms with E-state index in [1.165, 1.54) is 12.1 Å². The summed E-state index contributed by atoms with van der Waals surface area (Å²) in [6.07, 6.45) is -3.50. The number of nitrogens with zero attached hydrogens (tertiary/aromatic N) is 4. The number of hydrogen-bond acceptors (Lipinski definition) is 4. The van der Waals surface area contributed by atoms with Crippen LogP contribution in [0.3, 0.4) is 0 Å². The Morgan fingerprint density at radius 2 is 2.07 bits per heavy atom. The highest BCUT2D eigenvalue weighted by Gasteiger charge is 2.37. The Morgan fingerprint density at radius 3 is 2.71 bits per heavy atom. The molecule has 0 saturated heterocycles. The smallest absolute Gasteiger partial charge is 0.339 e. The lowest BCUT2D eigenvalue weighted by atomic mass is 10.0. The number of carbonyl (C=O) groups is 1. The van der Waals surface area contributed by atoms with Crippen molar-refractivity contribution >= 4 is 11.6 Å². The van der Waals surface area contributed by atoms with Crippen LogP contribution in [0.25, 0.3) is 16.9 Å². The molecular weight excluding hydrogens is 378 g/mol. The van der Waals surface area contributed by atoms with Gasteiger partial charge in [-0.15, -0.1) is 0 Å². The van der Waals surface area contributed by atoms with Crippen molar-refractivity contribution < 1.29 is 22.4 Å². The van der Waals surface area contributed by atoms with E-state index in [2.05, 4.69) is 10.1 Å². The van der Waals surface area contributed by atoms with Gasteiger partial charge in [0, 0.05) is 5.56 Å². The summed E-state index contributed by atoms with van der Waals surface area (Å²) < 4.78 is 53.1. The fraction of sp³-hybridized carbons (Fsp3) is 0.222. The first-order valence-corrected chi connectivity index (χ1v) is 8.05. The second-order valence-corrected chi connectivity index (χ2v) is 6.10. The topological polar surface area (TPSA) is 83.1 Å². The maximum absolute atomic E-state index is 13.9. The Hall–Kier alpha value is -3.48. The lowest BCUT2D eigenvalue weighted by Crippen LogP contribution is -2.43. The molecule has 2 aromatic heterocycles. The molecule has 3 rings (SSSR count). The van der Waals surface area contributed by atoms with Crippen LogP contribution in [0.15, 0.2) is 30.5 Å². The summed E-state index contributed by atoms with van der Waals surface area (Å²) in [6.45, 7) is 2.47. The summed E-state index contributed by atoms with van der Waals surface area (Å²) in [4.78, 5) is 16.3. The van der Waals surface area contributed by atoms with E-state index in [9.17, 15) is 27.6 Å². The fourth-order valence-electron chi connectivity index (χ4n) is 2.61. The highest BCUT2D eigenvalue weighted by molar-refractivity contribution is 5.93. The summed E-state index contributed by atoms with van der Waals surface area (Å²) in [5.41, 5.74) is 0.717. The maximum atomic E-state index is 13.9. The number of fused-ring (bicyclic) bond motifs is 1. The van der Waals surface area contributed by atoms with Gasteiger partial charge in [-0.05, 0) is 31.5 Å². The average molecular weight is 391 g/mol. The summed E-state index contributed by atoms with van der Waals surface area (Å²) in [5, 5.41) is 15.3. The molecule has 144 valence electrons. The van der Waals surface area contributed by atoms with Crippen LogP contribution in [0.5, 0.6) is 0 Å². The number of benzene rings is 1. The summed E-state index contributed by atoms with van der Waals surface area (Å²) in [6, 6.07) is 5.26. The van der Waals surface area contributed by atoms with Crippen LogP contribution in [0, 0.1) is 24.1 Å². The number of nitriles is 1. The summed E-state index contributed by atoms with van der Waals surface area (Å²) in [5.74, 6) is -1.75. The molecule has 1 unspecified atom stereocenters. The Morgan fingerprint density at radius 1 is 1.36 bits per heavy atom. The van der Waals surface area contributed by atoms with E-state index < -0.39 is 23.9 Å². The van der Waals surface area contributed by atoms with Gasteiger partial charge < -0.3 is 5.32 Å². The maximum Gasteiger partial charge on any atom is 0.408 e. The minimum Gasteiger partial charge on any atom is -0.339 e. The second kappa shape index (κ2) is 6.92. The minimum absolute atomic E-state index is 0.178. The third-order valence-corrected chi connectivity index (χ3v) is 4.12. The third kappa shape index (κ3) is 3.38. The normalized spacial score (nSPS) is 12.6. The van der Waals surface area contributed by atoms with Gasteiger partial charge in [0.05, 0.1) is 17.5 Å². The number of imidazole rings is 1. The lowest BCUT2D eigenvalue weighted by molar-refractivity contribution is -0.149. The molecule has 1 aromatic carbocycles. The molecule has 0 spiro atoms. The zero-order valence-corrected chi connectivity index (χ0v) is 14.7. The number of aryl methyl sites for hydroxylation is 1. The van der Waals surface area contributed by atoms with Gasteiger partial charge >= 0.3 is 6.18 Å². The molecule has 0 aliphatic carbocycles. The van der Waals surface area contributed by atoms with Gasteiger partial charge in [-0.3, -0.25) is 4.79 Å². The van der Waals surface area contributed by atoms with E-state index in [4.69, 9.17) is 0 Å². The molecule has 28 heavy (non-hydrogen) atoms. The Kier molecular flexibility index (Phi) is 4.77. The molecule has 0 bridgehead atoms. The zero-order chi connectivity index (χ0) is 20.6. The number of nitrogens with one attached hydrogen (secondary N) is 1. The van der Waals surface area contributed by atoms with Gasteiger partial charge in [0.15, 0.2) is 11.3 Å². The molecule has 6 nitrogen and oxygen atoms in total. The summed E-state index contributed by atoms with van der Waals surface area (Å²) in [7, 11) is 0. The number of hydrogen-bond donors (Lipinski definition) is 1. The van der Waals surface area contributed by atoms with Crippen LogP contribution in [-0.4, -0.2) is 32.7 Å². The Bertz CT molecular complexity index is 1110. The van der Waals surface area contributed by atoms with Crippen LogP contribution >= 0.6 is 0 Å². The van der Waals surface area contributed by atoms with Crippen molar-refractivity contribution in [2.24, 2.45) is 0 Å². The average Bonchev–Trinajstić information content (AvgIpc) is 3.05. The zero-order valence-electron chi connectivity index (χ0n) is 14.7. The molecule has 1 atom stereocenters. The molecule has 3 aromatic rings. The molecule has 0 aliphatic rings. The quantitative estimate of drug-likeness (QED) is 0.694. The van der Waals surface area contributed by atoms with Crippen LogP contribution in [-0.2, 0) is 0 Å². The van der Waals surface area contributed by atoms with E-state index >= 15 is 0 Å². The molecule has 0 saturated carbocycles. The monoisotopic (exact) mass is 391 g/mol. The van der Waals surface area contributed by atoms with Crippen molar-refractivity contribution in [1.29, 1.82) is 5.26 Å². The van der Waals surface area contributed by atoms with Crippen LogP contribution in [0.1, 0.15) is 28.5 Å². The van der Waals surface area contributed by atoms with Gasteiger partial charge in [0.1, 0.15) is 17.9 Å². The first-order valence-electron chi connectivity index (χ1n) is 8.05. The SMILES string of the molecule is Cc1cc(-c2cccc(F)c2C#N)nn2c(C(=O)NC(C)C(F)(F)F)cnc12. The van der Waals surface area contributed by atoms with E-state index in [1.54, 1.807) is 19.1 Å². The van der Waals surface area contributed by atoms with Crippen molar-refractivity contribution in [1.82, 2.24) is 19.9 Å². The van der Waals surface area contributed by atoms with E-state index in [1.807, 2.05) is 5.32 Å². The Labute approximate surface area is 156 Å². The standard InChI is InChI=1S/C18H13F4N5O/c1-9-6-14(11-4-3-5-13(19)12(11)7-23)26-27-15(8-24-16(9)27)17(28)25-10(2)18(20,21)22/h3-6,8,10H,1-2H3,(H,25,28). The molecule has 0 aliphatic heterocycles. The Balaban J connectivity index is 2.11. The predicted octanol–water partition coefficient (Wildman–Crippen LogP) is 3.40. The number of amides is 1. The van der Waals surface area contributed by atoms with Crippen molar-refractivity contribution in [3.63, 3.8) is 0 Å². The number of halogens is 4. The van der Waals surface area contributed by atoms with Gasteiger partial charge in [0.25, 0.3) is 5.91 Å². The number of aromatic nitrogens is 3. The lowest BCUT2D eigenvalue weighted by Gasteiger charge is -2.16. The van der Waals surface area contributed by atoms with Crippen molar-refractivity contribution in [3.05, 3.63) is 53.1 Å². The van der Waals surface area contributed by atoms with E-state index in [-0.39, 0.29) is 28.2 Å². The fourth-order valence-corrected chi connectivity index (χ4v) is 2.61. The molecule has 0 radical (unpaired) electrons. The van der Waals surface area contributed by atoms with E-state index in [0.717, 1.165) is 23.7 Å². The van der Waals surface area contributed by atoms with Gasteiger partial charge in [-0.2, -0.15) is 23.5 Å².